The average Bonchev–Trinajstić information content (AvgIpc) is 2.08. The second-order valence-electron chi connectivity index (χ2n) is 7.54. The molecule has 9 nitrogen and oxygen atoms in total. The predicted octanol–water partition coefficient (Wildman–Crippen LogP) is 2.41. The van der Waals surface area contributed by atoms with Gasteiger partial charge in [0.15, 0.2) is 0 Å². The van der Waals surface area contributed by atoms with Gasteiger partial charge in [-0.15, -0.1) is 0 Å². The van der Waals surface area contributed by atoms with Gasteiger partial charge in [-0.3, -0.25) is 30.3 Å². The summed E-state index contributed by atoms with van der Waals surface area (Å²) < 4.78 is 0. The number of hydrogen-bond acceptors (Lipinski definition) is 6. The molecule has 21 heavy (non-hydrogen) atoms. The average molecular weight is 305 g/mol. The molecule has 0 rings (SSSR count). The third-order valence-corrected chi connectivity index (χ3v) is 3.05. The molecule has 0 heterocycles. The van der Waals surface area contributed by atoms with E-state index in [0.717, 1.165) is 0 Å². The zero-order valence-corrected chi connectivity index (χ0v) is 13.1. The SMILES string of the molecule is CC(C)(C)CC(C)(C)CC(C[N+](=O)[O-])(C[N+](=O)[O-])[N+](=O)[O-]. The molecular weight excluding hydrogens is 282 g/mol. The molecule has 0 spiro atoms. The van der Waals surface area contributed by atoms with Crippen LogP contribution in [0.25, 0.3) is 0 Å². The highest BCUT2D eigenvalue weighted by Crippen LogP contribution is 2.40. The van der Waals surface area contributed by atoms with Crippen molar-refractivity contribution in [2.75, 3.05) is 13.1 Å². The van der Waals surface area contributed by atoms with Gasteiger partial charge in [-0.2, -0.15) is 0 Å². The molecule has 9 heteroatoms. The number of hydrogen-bond donors (Lipinski definition) is 0. The maximum Gasteiger partial charge on any atom is 0.347 e. The quantitative estimate of drug-likeness (QED) is 0.500. The summed E-state index contributed by atoms with van der Waals surface area (Å²) in [4.78, 5) is 30.3. The van der Waals surface area contributed by atoms with Gasteiger partial charge in [-0.05, 0) is 17.3 Å². The third-order valence-electron chi connectivity index (χ3n) is 3.05. The van der Waals surface area contributed by atoms with Crippen LogP contribution in [-0.2, 0) is 0 Å². The Morgan fingerprint density at radius 3 is 1.38 bits per heavy atom. The fourth-order valence-electron chi connectivity index (χ4n) is 3.21. The highest BCUT2D eigenvalue weighted by Gasteiger charge is 2.56. The molecule has 0 aromatic carbocycles. The summed E-state index contributed by atoms with van der Waals surface area (Å²) in [6.45, 7) is 7.24. The second-order valence-corrected chi connectivity index (χ2v) is 7.54. The van der Waals surface area contributed by atoms with E-state index in [4.69, 9.17) is 0 Å². The van der Waals surface area contributed by atoms with Crippen molar-refractivity contribution in [1.82, 2.24) is 0 Å². The molecule has 0 amide bonds. The minimum atomic E-state index is -2.18. The molecule has 0 fully saturated rings. The first-order chi connectivity index (χ1) is 9.19. The molecule has 0 atom stereocenters. The van der Waals surface area contributed by atoms with E-state index < -0.39 is 38.8 Å². The molecule has 122 valence electrons. The van der Waals surface area contributed by atoms with Crippen LogP contribution in [0.5, 0.6) is 0 Å². The maximum atomic E-state index is 11.3. The van der Waals surface area contributed by atoms with Crippen LogP contribution in [-0.4, -0.2) is 33.4 Å². The summed E-state index contributed by atoms with van der Waals surface area (Å²) in [7, 11) is 0. The highest BCUT2D eigenvalue weighted by atomic mass is 16.7. The number of nitrogens with zero attached hydrogens (tertiary/aromatic N) is 3. The normalized spacial score (nSPS) is 13.0. The Balaban J connectivity index is 5.52. The van der Waals surface area contributed by atoms with E-state index >= 15 is 0 Å². The van der Waals surface area contributed by atoms with E-state index in [-0.39, 0.29) is 11.8 Å². The van der Waals surface area contributed by atoms with E-state index in [9.17, 15) is 30.3 Å². The van der Waals surface area contributed by atoms with Gasteiger partial charge < -0.3 is 0 Å². The topological polar surface area (TPSA) is 129 Å². The molecule has 0 unspecified atom stereocenters. The summed E-state index contributed by atoms with van der Waals surface area (Å²) in [5.41, 5.74) is -2.95. The van der Waals surface area contributed by atoms with Crippen LogP contribution < -0.4 is 0 Å². The standard InChI is InChI=1S/C12H23N3O6/c1-10(2,3)6-11(4,5)7-12(15(20)21,8-13(16)17)9-14(18)19/h6-9H2,1-5H3. The van der Waals surface area contributed by atoms with Crippen LogP contribution in [0.2, 0.25) is 0 Å². The molecule has 0 aromatic rings. The van der Waals surface area contributed by atoms with E-state index in [0.29, 0.717) is 6.42 Å². The third kappa shape index (κ3) is 6.96. The lowest BCUT2D eigenvalue weighted by molar-refractivity contribution is -0.667. The first kappa shape index (κ1) is 19.2. The van der Waals surface area contributed by atoms with E-state index in [1.54, 1.807) is 13.8 Å². The van der Waals surface area contributed by atoms with Crippen LogP contribution in [0.1, 0.15) is 47.5 Å². The van der Waals surface area contributed by atoms with Crippen LogP contribution in [0.4, 0.5) is 0 Å². The highest BCUT2D eigenvalue weighted by molar-refractivity contribution is 4.88. The van der Waals surface area contributed by atoms with Crippen molar-refractivity contribution in [3.8, 4) is 0 Å². The van der Waals surface area contributed by atoms with Gasteiger partial charge in [0.05, 0.1) is 0 Å². The van der Waals surface area contributed by atoms with Gasteiger partial charge in [0.2, 0.25) is 0 Å². The first-order valence-electron chi connectivity index (χ1n) is 6.57. The van der Waals surface area contributed by atoms with Crippen molar-refractivity contribution in [1.29, 1.82) is 0 Å². The number of rotatable bonds is 8. The Labute approximate surface area is 123 Å². The Bertz CT molecular complexity index is 411. The van der Waals surface area contributed by atoms with Crippen LogP contribution in [0.15, 0.2) is 0 Å². The monoisotopic (exact) mass is 305 g/mol. The minimum absolute atomic E-state index is 0.144. The lowest BCUT2D eigenvalue weighted by Crippen LogP contribution is -2.53. The fourth-order valence-corrected chi connectivity index (χ4v) is 3.21. The Morgan fingerprint density at radius 2 is 1.14 bits per heavy atom. The van der Waals surface area contributed by atoms with Crippen LogP contribution in [0, 0.1) is 41.2 Å². The van der Waals surface area contributed by atoms with Crippen LogP contribution in [0.3, 0.4) is 0 Å². The van der Waals surface area contributed by atoms with Crippen molar-refractivity contribution in [3.63, 3.8) is 0 Å². The summed E-state index contributed by atoms with van der Waals surface area (Å²) in [6.07, 6.45) is 0.344. The van der Waals surface area contributed by atoms with Gasteiger partial charge in [-0.25, -0.2) is 0 Å². The molecule has 0 radical (unpaired) electrons. The van der Waals surface area contributed by atoms with Crippen molar-refractivity contribution < 1.29 is 14.8 Å². The molecule has 0 saturated heterocycles. The predicted molar refractivity (Wildman–Crippen MR) is 75.9 cm³/mol. The molecule has 0 N–H and O–H groups in total. The van der Waals surface area contributed by atoms with Gasteiger partial charge in [0, 0.05) is 21.2 Å². The van der Waals surface area contributed by atoms with Gasteiger partial charge in [-0.1, -0.05) is 34.6 Å². The fraction of sp³-hybridized carbons (Fsp3) is 1.00. The lowest BCUT2D eigenvalue weighted by Gasteiger charge is -2.34. The molecule has 0 aromatic heterocycles. The minimum Gasteiger partial charge on any atom is -0.264 e. The van der Waals surface area contributed by atoms with E-state index in [1.165, 1.54) is 0 Å². The van der Waals surface area contributed by atoms with E-state index in [2.05, 4.69) is 0 Å². The van der Waals surface area contributed by atoms with Gasteiger partial charge in [0.25, 0.3) is 13.1 Å². The molecule has 0 saturated carbocycles. The van der Waals surface area contributed by atoms with Crippen molar-refractivity contribution in [2.24, 2.45) is 10.8 Å². The largest absolute Gasteiger partial charge is 0.347 e. The maximum absolute atomic E-state index is 11.3. The summed E-state index contributed by atoms with van der Waals surface area (Å²) >= 11 is 0. The Hall–Kier alpha value is -1.80. The first-order valence-corrected chi connectivity index (χ1v) is 6.57. The smallest absolute Gasteiger partial charge is 0.264 e. The molecule has 0 aliphatic heterocycles. The number of nitro groups is 3. The molecular formula is C12H23N3O6. The van der Waals surface area contributed by atoms with Gasteiger partial charge in [0.1, 0.15) is 0 Å². The van der Waals surface area contributed by atoms with E-state index in [1.807, 2.05) is 20.8 Å². The molecule has 0 aliphatic carbocycles. The van der Waals surface area contributed by atoms with Crippen molar-refractivity contribution in [2.45, 2.75) is 53.0 Å². The zero-order chi connectivity index (χ0) is 17.1. The Kier molecular flexibility index (Phi) is 5.77. The summed E-state index contributed by atoms with van der Waals surface area (Å²) in [5.74, 6) is 0. The van der Waals surface area contributed by atoms with Crippen molar-refractivity contribution >= 4 is 0 Å². The lowest BCUT2D eigenvalue weighted by atomic mass is 9.70. The summed E-state index contributed by atoms with van der Waals surface area (Å²) in [6, 6.07) is 0. The van der Waals surface area contributed by atoms with Crippen LogP contribution >= 0.6 is 0 Å². The Morgan fingerprint density at radius 1 is 0.762 bits per heavy atom. The molecule has 0 aliphatic rings. The summed E-state index contributed by atoms with van der Waals surface area (Å²) in [5, 5.41) is 32.8. The molecule has 0 bridgehead atoms. The van der Waals surface area contributed by atoms with Gasteiger partial charge >= 0.3 is 5.54 Å². The zero-order valence-electron chi connectivity index (χ0n) is 13.1. The van der Waals surface area contributed by atoms with Crippen molar-refractivity contribution in [3.05, 3.63) is 30.3 Å². The second kappa shape index (κ2) is 6.31.